The summed E-state index contributed by atoms with van der Waals surface area (Å²) in [5, 5.41) is 8.07. The summed E-state index contributed by atoms with van der Waals surface area (Å²) in [5.74, 6) is 0.391. The average molecular weight is 269 g/mol. The fraction of sp³-hybridized carbons (Fsp3) is 0.857. The quantitative estimate of drug-likeness (QED) is 0.712. The molecule has 2 atom stereocenters. The fourth-order valence-electron chi connectivity index (χ4n) is 2.80. The molecule has 5 nitrogen and oxygen atoms in total. The highest BCUT2D eigenvalue weighted by atomic mass is 16.2. The lowest BCUT2D eigenvalue weighted by molar-refractivity contribution is -0.122. The summed E-state index contributed by atoms with van der Waals surface area (Å²) < 4.78 is 0. The second-order valence-corrected chi connectivity index (χ2v) is 5.37. The van der Waals surface area contributed by atoms with E-state index in [9.17, 15) is 9.59 Å². The first-order valence-electron chi connectivity index (χ1n) is 7.37. The van der Waals surface area contributed by atoms with E-state index in [1.54, 1.807) is 0 Å². The molecule has 19 heavy (non-hydrogen) atoms. The second-order valence-electron chi connectivity index (χ2n) is 5.37. The van der Waals surface area contributed by atoms with Crippen molar-refractivity contribution in [1.82, 2.24) is 16.0 Å². The summed E-state index contributed by atoms with van der Waals surface area (Å²) in [6.45, 7) is 3.96. The Morgan fingerprint density at radius 1 is 1.21 bits per heavy atom. The van der Waals surface area contributed by atoms with Crippen LogP contribution in [0.4, 0.5) is 4.79 Å². The Hall–Kier alpha value is -1.10. The van der Waals surface area contributed by atoms with Gasteiger partial charge in [-0.1, -0.05) is 26.2 Å². The van der Waals surface area contributed by atoms with Crippen LogP contribution >= 0.6 is 0 Å². The van der Waals surface area contributed by atoms with Crippen LogP contribution in [0.5, 0.6) is 0 Å². The molecule has 0 bridgehead atoms. The van der Waals surface area contributed by atoms with Crippen LogP contribution in [-0.4, -0.2) is 31.1 Å². The molecule has 0 heterocycles. The van der Waals surface area contributed by atoms with Gasteiger partial charge in [-0.15, -0.1) is 0 Å². The third-order valence-electron chi connectivity index (χ3n) is 3.98. The minimum absolute atomic E-state index is 0.270. The molecule has 110 valence electrons. The maximum absolute atomic E-state index is 11.8. The zero-order valence-electron chi connectivity index (χ0n) is 12.3. The Kier molecular flexibility index (Phi) is 6.84. The summed E-state index contributed by atoms with van der Waals surface area (Å²) in [5.41, 5.74) is 0. The Bertz CT molecular complexity index is 301. The van der Waals surface area contributed by atoms with Gasteiger partial charge in [0.2, 0.25) is 5.91 Å². The highest BCUT2D eigenvalue weighted by Crippen LogP contribution is 2.27. The van der Waals surface area contributed by atoms with Gasteiger partial charge in [-0.3, -0.25) is 10.1 Å². The first-order valence-corrected chi connectivity index (χ1v) is 7.37. The van der Waals surface area contributed by atoms with Crippen LogP contribution in [-0.2, 0) is 4.79 Å². The van der Waals surface area contributed by atoms with E-state index in [2.05, 4.69) is 22.9 Å². The summed E-state index contributed by atoms with van der Waals surface area (Å²) in [4.78, 5) is 22.9. The van der Waals surface area contributed by atoms with Gasteiger partial charge in [-0.2, -0.15) is 0 Å². The highest BCUT2D eigenvalue weighted by molar-refractivity contribution is 5.96. The zero-order valence-corrected chi connectivity index (χ0v) is 12.3. The predicted molar refractivity (Wildman–Crippen MR) is 75.9 cm³/mol. The van der Waals surface area contributed by atoms with Crippen molar-refractivity contribution in [1.29, 1.82) is 0 Å². The van der Waals surface area contributed by atoms with Crippen molar-refractivity contribution in [2.24, 2.45) is 5.92 Å². The van der Waals surface area contributed by atoms with E-state index in [0.29, 0.717) is 12.0 Å². The van der Waals surface area contributed by atoms with Crippen molar-refractivity contribution in [3.63, 3.8) is 0 Å². The molecule has 1 fully saturated rings. The first-order chi connectivity index (χ1) is 9.08. The smallest absolute Gasteiger partial charge is 0.321 e. The lowest BCUT2D eigenvalue weighted by Gasteiger charge is -2.32. The molecule has 2 unspecified atom stereocenters. The molecule has 0 aromatic rings. The van der Waals surface area contributed by atoms with Gasteiger partial charge in [0, 0.05) is 13.1 Å². The number of rotatable bonds is 5. The second kappa shape index (κ2) is 8.15. The number of imide groups is 1. The van der Waals surface area contributed by atoms with Crippen LogP contribution in [0, 0.1) is 5.92 Å². The fourth-order valence-corrected chi connectivity index (χ4v) is 2.80. The summed E-state index contributed by atoms with van der Waals surface area (Å²) in [7, 11) is 1.50. The number of hydrogen-bond acceptors (Lipinski definition) is 3. The van der Waals surface area contributed by atoms with Crippen LogP contribution in [0.15, 0.2) is 0 Å². The topological polar surface area (TPSA) is 70.2 Å². The van der Waals surface area contributed by atoms with E-state index in [1.807, 2.05) is 6.92 Å². The Balaban J connectivity index is 2.45. The lowest BCUT2D eigenvalue weighted by Crippen LogP contribution is -2.51. The minimum atomic E-state index is -0.454. The predicted octanol–water partition coefficient (Wildman–Crippen LogP) is 1.78. The number of carbonyl (C=O) groups excluding carboxylic acids is 2. The molecule has 0 aromatic carbocycles. The van der Waals surface area contributed by atoms with Gasteiger partial charge in [-0.05, 0) is 32.1 Å². The maximum Gasteiger partial charge on any atom is 0.321 e. The molecule has 1 rings (SSSR count). The Labute approximate surface area is 115 Å². The molecule has 0 aromatic heterocycles. The van der Waals surface area contributed by atoms with Crippen LogP contribution in [0.25, 0.3) is 0 Å². The third-order valence-corrected chi connectivity index (χ3v) is 3.98. The number of hydrogen-bond donors (Lipinski definition) is 3. The van der Waals surface area contributed by atoms with Gasteiger partial charge in [0.15, 0.2) is 0 Å². The summed E-state index contributed by atoms with van der Waals surface area (Å²) in [6, 6.07) is -0.431. The van der Waals surface area contributed by atoms with Gasteiger partial charge >= 0.3 is 6.03 Å². The molecule has 5 heteroatoms. The number of carbonyl (C=O) groups is 2. The SMILES string of the molecule is CCC(NC(C)C(=O)NC(=O)NC)C1CCCCC1. The van der Waals surface area contributed by atoms with Gasteiger partial charge in [0.25, 0.3) is 0 Å². The van der Waals surface area contributed by atoms with Crippen molar-refractivity contribution in [3.05, 3.63) is 0 Å². The van der Waals surface area contributed by atoms with Crippen molar-refractivity contribution in [2.75, 3.05) is 7.05 Å². The molecule has 0 spiro atoms. The molecule has 0 saturated heterocycles. The van der Waals surface area contributed by atoms with E-state index >= 15 is 0 Å². The standard InChI is InChI=1S/C14H27N3O2/c1-4-12(11-8-6-5-7-9-11)16-10(2)13(18)17-14(19)15-3/h10-12,16H,4-9H2,1-3H3,(H2,15,17,18,19). The molecular formula is C14H27N3O2. The molecule has 1 aliphatic rings. The van der Waals surface area contributed by atoms with Gasteiger partial charge in [0.05, 0.1) is 6.04 Å². The van der Waals surface area contributed by atoms with Crippen LogP contribution < -0.4 is 16.0 Å². The van der Waals surface area contributed by atoms with Crippen molar-refractivity contribution in [2.45, 2.75) is 64.5 Å². The number of urea groups is 1. The van der Waals surface area contributed by atoms with E-state index in [1.165, 1.54) is 39.2 Å². The number of nitrogens with one attached hydrogen (secondary N) is 3. The summed E-state index contributed by atoms with van der Waals surface area (Å²) in [6.07, 6.45) is 7.43. The van der Waals surface area contributed by atoms with E-state index in [-0.39, 0.29) is 11.9 Å². The first kappa shape index (κ1) is 16.0. The largest absolute Gasteiger partial charge is 0.341 e. The van der Waals surface area contributed by atoms with Crippen molar-refractivity contribution in [3.8, 4) is 0 Å². The van der Waals surface area contributed by atoms with Gasteiger partial charge in [0.1, 0.15) is 0 Å². The molecule has 0 radical (unpaired) electrons. The highest BCUT2D eigenvalue weighted by Gasteiger charge is 2.25. The zero-order chi connectivity index (χ0) is 14.3. The molecule has 3 amide bonds. The molecule has 3 N–H and O–H groups in total. The van der Waals surface area contributed by atoms with E-state index in [0.717, 1.165) is 6.42 Å². The van der Waals surface area contributed by atoms with Gasteiger partial charge < -0.3 is 10.6 Å². The average Bonchev–Trinajstić information content (AvgIpc) is 2.45. The molecule has 1 aliphatic carbocycles. The molecule has 0 aliphatic heterocycles. The van der Waals surface area contributed by atoms with E-state index in [4.69, 9.17) is 0 Å². The monoisotopic (exact) mass is 269 g/mol. The van der Waals surface area contributed by atoms with Crippen LogP contribution in [0.2, 0.25) is 0 Å². The van der Waals surface area contributed by atoms with E-state index < -0.39 is 6.03 Å². The lowest BCUT2D eigenvalue weighted by atomic mass is 9.82. The van der Waals surface area contributed by atoms with Crippen LogP contribution in [0.1, 0.15) is 52.4 Å². The Morgan fingerprint density at radius 3 is 2.37 bits per heavy atom. The van der Waals surface area contributed by atoms with Crippen molar-refractivity contribution < 1.29 is 9.59 Å². The molecule has 1 saturated carbocycles. The molecular weight excluding hydrogens is 242 g/mol. The maximum atomic E-state index is 11.8. The van der Waals surface area contributed by atoms with Crippen molar-refractivity contribution >= 4 is 11.9 Å². The van der Waals surface area contributed by atoms with Gasteiger partial charge in [-0.25, -0.2) is 4.79 Å². The Morgan fingerprint density at radius 2 is 1.84 bits per heavy atom. The number of amides is 3. The van der Waals surface area contributed by atoms with Crippen LogP contribution in [0.3, 0.4) is 0 Å². The third kappa shape index (κ3) is 5.19. The normalized spacial score (nSPS) is 19.5. The minimum Gasteiger partial charge on any atom is -0.341 e. The summed E-state index contributed by atoms with van der Waals surface area (Å²) >= 11 is 0.